The molecule has 5 nitrogen and oxygen atoms in total. The molecule has 2 heterocycles. The Morgan fingerprint density at radius 1 is 1.08 bits per heavy atom. The highest BCUT2D eigenvalue weighted by molar-refractivity contribution is 6.30. The number of nitrogens with one attached hydrogen (secondary N) is 1. The molecule has 1 aliphatic heterocycles. The van der Waals surface area contributed by atoms with Crippen LogP contribution in [0.15, 0.2) is 54.7 Å². The van der Waals surface area contributed by atoms with E-state index in [9.17, 15) is 4.79 Å². The van der Waals surface area contributed by atoms with Crippen molar-refractivity contribution in [2.45, 2.75) is 0 Å². The lowest BCUT2D eigenvalue weighted by atomic mass is 10.2. The minimum atomic E-state index is -0.0442. The topological polar surface area (TPSA) is 48.5 Å². The molecule has 1 amide bonds. The quantitative estimate of drug-likeness (QED) is 0.849. The number of piperazine rings is 1. The lowest BCUT2D eigenvalue weighted by Gasteiger charge is -2.33. The van der Waals surface area contributed by atoms with Crippen LogP contribution >= 0.6 is 11.6 Å². The smallest absolute Gasteiger partial charge is 0.239 e. The molecule has 1 aromatic carbocycles. The van der Waals surface area contributed by atoms with Crippen molar-refractivity contribution in [1.29, 1.82) is 0 Å². The van der Waals surface area contributed by atoms with E-state index in [0.29, 0.717) is 17.4 Å². The van der Waals surface area contributed by atoms with Gasteiger partial charge in [0.05, 0.1) is 11.6 Å². The van der Waals surface area contributed by atoms with E-state index in [0.717, 1.165) is 32.7 Å². The molecule has 0 radical (unpaired) electrons. The molecule has 26 heavy (non-hydrogen) atoms. The molecule has 1 N–H and O–H groups in total. The second-order valence-electron chi connectivity index (χ2n) is 6.30. The van der Waals surface area contributed by atoms with Crippen molar-refractivity contribution in [2.24, 2.45) is 0 Å². The summed E-state index contributed by atoms with van der Waals surface area (Å²) in [5.41, 5.74) is 1.22. The fourth-order valence-corrected chi connectivity index (χ4v) is 2.98. The number of carbonyl (C=O) groups is 1. The zero-order valence-corrected chi connectivity index (χ0v) is 15.4. The highest BCUT2D eigenvalue weighted by atomic mass is 35.5. The maximum absolute atomic E-state index is 12.1. The van der Waals surface area contributed by atoms with Gasteiger partial charge in [0.2, 0.25) is 5.91 Å². The van der Waals surface area contributed by atoms with E-state index in [1.54, 1.807) is 12.1 Å². The molecule has 0 atom stereocenters. The second kappa shape index (κ2) is 9.48. The highest BCUT2D eigenvalue weighted by Gasteiger charge is 2.18. The Hall–Kier alpha value is -2.21. The third-order valence-electron chi connectivity index (χ3n) is 4.30. The molecule has 0 aliphatic carbocycles. The number of hydrogen-bond donors (Lipinski definition) is 1. The Morgan fingerprint density at radius 3 is 2.50 bits per heavy atom. The van der Waals surface area contributed by atoms with Crippen LogP contribution in [0.5, 0.6) is 0 Å². The average molecular weight is 371 g/mol. The minimum absolute atomic E-state index is 0.0442. The first-order valence-electron chi connectivity index (χ1n) is 8.77. The number of anilines is 1. The van der Waals surface area contributed by atoms with E-state index in [-0.39, 0.29) is 5.91 Å². The molecule has 0 unspecified atom stereocenters. The largest absolute Gasteiger partial charge is 0.310 e. The maximum Gasteiger partial charge on any atom is 0.239 e. The van der Waals surface area contributed by atoms with E-state index >= 15 is 0 Å². The summed E-state index contributed by atoms with van der Waals surface area (Å²) in [6.45, 7) is 5.03. The predicted octanol–water partition coefficient (Wildman–Crippen LogP) is 3.00. The molecule has 1 saturated heterocycles. The molecule has 6 heteroatoms. The zero-order valence-electron chi connectivity index (χ0n) is 14.6. The molecule has 0 bridgehead atoms. The van der Waals surface area contributed by atoms with Gasteiger partial charge in [0, 0.05) is 38.9 Å². The number of amides is 1. The second-order valence-corrected chi connectivity index (χ2v) is 6.74. The van der Waals surface area contributed by atoms with Gasteiger partial charge >= 0.3 is 0 Å². The van der Waals surface area contributed by atoms with Gasteiger partial charge in [-0.05, 0) is 17.7 Å². The molecule has 2 aromatic rings. The maximum atomic E-state index is 12.1. The standard InChI is InChI=1S/C20H23ClN4O/c21-18-8-9-19(22-15-18)23-20(26)16-25-13-11-24(12-14-25)10-4-7-17-5-2-1-3-6-17/h1-9,15H,10-14,16H2,(H,22,23,26). The third-order valence-corrected chi connectivity index (χ3v) is 4.52. The molecule has 136 valence electrons. The first kappa shape index (κ1) is 18.6. The highest BCUT2D eigenvalue weighted by Crippen LogP contribution is 2.10. The number of nitrogens with zero attached hydrogens (tertiary/aromatic N) is 3. The molecule has 0 spiro atoms. The van der Waals surface area contributed by atoms with E-state index in [4.69, 9.17) is 11.6 Å². The first-order chi connectivity index (χ1) is 12.7. The summed E-state index contributed by atoms with van der Waals surface area (Å²) in [5, 5.41) is 3.36. The summed E-state index contributed by atoms with van der Waals surface area (Å²) in [4.78, 5) is 20.8. The number of benzene rings is 1. The van der Waals surface area contributed by atoms with Crippen LogP contribution in [-0.2, 0) is 4.79 Å². The summed E-state index contributed by atoms with van der Waals surface area (Å²) in [6, 6.07) is 13.7. The number of carbonyl (C=O) groups excluding carboxylic acids is 1. The zero-order chi connectivity index (χ0) is 18.2. The first-order valence-corrected chi connectivity index (χ1v) is 9.14. The third kappa shape index (κ3) is 5.95. The van der Waals surface area contributed by atoms with Crippen LogP contribution in [0.4, 0.5) is 5.82 Å². The summed E-state index contributed by atoms with van der Waals surface area (Å²) in [6.07, 6.45) is 5.88. The lowest BCUT2D eigenvalue weighted by Crippen LogP contribution is -2.48. The van der Waals surface area contributed by atoms with Crippen LogP contribution < -0.4 is 5.32 Å². The molecule has 3 rings (SSSR count). The fraction of sp³-hybridized carbons (Fsp3) is 0.300. The van der Waals surface area contributed by atoms with Crippen LogP contribution in [0.1, 0.15) is 5.56 Å². The van der Waals surface area contributed by atoms with Gasteiger partial charge < -0.3 is 5.32 Å². The Bertz CT molecular complexity index is 725. The number of rotatable bonds is 6. The van der Waals surface area contributed by atoms with E-state index in [1.807, 2.05) is 18.2 Å². The van der Waals surface area contributed by atoms with Gasteiger partial charge in [-0.25, -0.2) is 4.98 Å². The predicted molar refractivity (Wildman–Crippen MR) is 106 cm³/mol. The Labute approximate surface area is 159 Å². The Morgan fingerprint density at radius 2 is 1.81 bits per heavy atom. The average Bonchev–Trinajstić information content (AvgIpc) is 2.66. The minimum Gasteiger partial charge on any atom is -0.310 e. The van der Waals surface area contributed by atoms with Crippen LogP contribution in [0.3, 0.4) is 0 Å². The molecule has 1 aliphatic rings. The van der Waals surface area contributed by atoms with E-state index in [2.05, 4.69) is 44.4 Å². The van der Waals surface area contributed by atoms with Crippen LogP contribution in [0.2, 0.25) is 5.02 Å². The van der Waals surface area contributed by atoms with Crippen molar-refractivity contribution in [3.8, 4) is 0 Å². The van der Waals surface area contributed by atoms with Crippen LogP contribution in [0, 0.1) is 0 Å². The van der Waals surface area contributed by atoms with Gasteiger partial charge in [-0.3, -0.25) is 14.6 Å². The van der Waals surface area contributed by atoms with Crippen LogP contribution in [-0.4, -0.2) is 60.0 Å². The van der Waals surface area contributed by atoms with Crippen molar-refractivity contribution in [3.05, 3.63) is 65.3 Å². The number of aromatic nitrogens is 1. The molecular weight excluding hydrogens is 348 g/mol. The SMILES string of the molecule is O=C(CN1CCN(CC=Cc2ccccc2)CC1)Nc1ccc(Cl)cn1. The number of halogens is 1. The normalized spacial score (nSPS) is 16.0. The Kier molecular flexibility index (Phi) is 6.77. The molecular formula is C20H23ClN4O. The van der Waals surface area contributed by atoms with Gasteiger partial charge in [-0.1, -0.05) is 54.1 Å². The van der Waals surface area contributed by atoms with E-state index in [1.165, 1.54) is 11.8 Å². The number of hydrogen-bond acceptors (Lipinski definition) is 4. The van der Waals surface area contributed by atoms with Gasteiger partial charge in [0.1, 0.15) is 5.82 Å². The van der Waals surface area contributed by atoms with Crippen molar-refractivity contribution in [3.63, 3.8) is 0 Å². The Balaban J connectivity index is 1.37. The summed E-state index contributed by atoms with van der Waals surface area (Å²) >= 11 is 5.80. The molecule has 1 aromatic heterocycles. The van der Waals surface area contributed by atoms with Gasteiger partial charge in [0.25, 0.3) is 0 Å². The van der Waals surface area contributed by atoms with Gasteiger partial charge in [-0.15, -0.1) is 0 Å². The lowest BCUT2D eigenvalue weighted by molar-refractivity contribution is -0.117. The van der Waals surface area contributed by atoms with Crippen molar-refractivity contribution in [1.82, 2.24) is 14.8 Å². The van der Waals surface area contributed by atoms with Crippen molar-refractivity contribution >= 4 is 29.4 Å². The summed E-state index contributed by atoms with van der Waals surface area (Å²) < 4.78 is 0. The van der Waals surface area contributed by atoms with Gasteiger partial charge in [0.15, 0.2) is 0 Å². The monoisotopic (exact) mass is 370 g/mol. The van der Waals surface area contributed by atoms with Crippen molar-refractivity contribution < 1.29 is 4.79 Å². The summed E-state index contributed by atoms with van der Waals surface area (Å²) in [5.74, 6) is 0.487. The fourth-order valence-electron chi connectivity index (χ4n) is 2.87. The molecule has 1 fully saturated rings. The number of pyridine rings is 1. The molecule has 0 saturated carbocycles. The summed E-state index contributed by atoms with van der Waals surface area (Å²) in [7, 11) is 0. The van der Waals surface area contributed by atoms with Crippen LogP contribution in [0.25, 0.3) is 6.08 Å². The van der Waals surface area contributed by atoms with Crippen molar-refractivity contribution in [2.75, 3.05) is 44.6 Å². The van der Waals surface area contributed by atoms with E-state index < -0.39 is 0 Å². The van der Waals surface area contributed by atoms with Gasteiger partial charge in [-0.2, -0.15) is 0 Å².